The summed E-state index contributed by atoms with van der Waals surface area (Å²) < 4.78 is 13.4. The summed E-state index contributed by atoms with van der Waals surface area (Å²) >= 11 is 0. The first-order chi connectivity index (χ1) is 14.3. The average molecular weight is 417 g/mol. The zero-order chi connectivity index (χ0) is 20.9. The third kappa shape index (κ3) is 2.61. The van der Waals surface area contributed by atoms with E-state index in [2.05, 4.69) is 27.7 Å². The molecule has 6 aliphatic rings. The Morgan fingerprint density at radius 1 is 0.833 bits per heavy atom. The second kappa shape index (κ2) is 6.70. The van der Waals surface area contributed by atoms with Crippen molar-refractivity contribution in [1.82, 2.24) is 0 Å². The minimum Gasteiger partial charge on any atom is -0.393 e. The van der Waals surface area contributed by atoms with Gasteiger partial charge in [0.1, 0.15) is 0 Å². The van der Waals surface area contributed by atoms with E-state index in [-0.39, 0.29) is 11.9 Å². The largest absolute Gasteiger partial charge is 0.393 e. The highest BCUT2D eigenvalue weighted by Crippen LogP contribution is 2.71. The Balaban J connectivity index is 1.26. The van der Waals surface area contributed by atoms with Gasteiger partial charge in [-0.25, -0.2) is 0 Å². The van der Waals surface area contributed by atoms with Crippen molar-refractivity contribution in [2.45, 2.75) is 110 Å². The van der Waals surface area contributed by atoms with Gasteiger partial charge in [0.15, 0.2) is 5.79 Å². The minimum atomic E-state index is -0.282. The fraction of sp³-hybridized carbons (Fsp3) is 1.00. The zero-order valence-electron chi connectivity index (χ0n) is 19.7. The predicted octanol–water partition coefficient (Wildman–Crippen LogP) is 5.79. The van der Waals surface area contributed by atoms with Crippen LogP contribution in [0.2, 0.25) is 0 Å². The normalized spacial score (nSPS) is 62.5. The summed E-state index contributed by atoms with van der Waals surface area (Å²) in [5, 5.41) is 10.3. The lowest BCUT2D eigenvalue weighted by molar-refractivity contribution is -0.273. The van der Waals surface area contributed by atoms with Gasteiger partial charge in [-0.1, -0.05) is 27.7 Å². The molecule has 0 radical (unpaired) electrons. The first kappa shape index (κ1) is 20.5. The van der Waals surface area contributed by atoms with Crippen molar-refractivity contribution < 1.29 is 14.6 Å². The first-order valence-electron chi connectivity index (χ1n) is 13.3. The highest BCUT2D eigenvalue weighted by Gasteiger charge is 2.69. The van der Waals surface area contributed by atoms with Crippen LogP contribution in [-0.2, 0) is 9.47 Å². The van der Waals surface area contributed by atoms with E-state index in [1.54, 1.807) is 0 Å². The van der Waals surface area contributed by atoms with E-state index >= 15 is 0 Å². The highest BCUT2D eigenvalue weighted by atomic mass is 16.7. The Morgan fingerprint density at radius 3 is 2.40 bits per heavy atom. The molecule has 2 heterocycles. The maximum atomic E-state index is 10.3. The quantitative estimate of drug-likeness (QED) is 0.543. The summed E-state index contributed by atoms with van der Waals surface area (Å²) in [6.07, 6.45) is 12.9. The van der Waals surface area contributed by atoms with Crippen LogP contribution in [0, 0.1) is 52.3 Å². The van der Waals surface area contributed by atoms with Crippen LogP contribution in [-0.4, -0.2) is 29.7 Å². The van der Waals surface area contributed by atoms with E-state index < -0.39 is 0 Å². The van der Waals surface area contributed by atoms with E-state index in [1.807, 2.05) is 0 Å². The van der Waals surface area contributed by atoms with Crippen molar-refractivity contribution >= 4 is 0 Å². The molecule has 170 valence electrons. The lowest BCUT2D eigenvalue weighted by Crippen LogP contribution is -2.55. The number of hydrogen-bond acceptors (Lipinski definition) is 3. The van der Waals surface area contributed by atoms with Crippen LogP contribution in [0.3, 0.4) is 0 Å². The van der Waals surface area contributed by atoms with E-state index in [1.165, 1.54) is 44.9 Å². The number of hydrogen-bond donors (Lipinski definition) is 1. The van der Waals surface area contributed by atoms with Crippen molar-refractivity contribution in [1.29, 1.82) is 0 Å². The Hall–Kier alpha value is -0.120. The van der Waals surface area contributed by atoms with Crippen molar-refractivity contribution in [3.8, 4) is 0 Å². The van der Waals surface area contributed by atoms with Crippen molar-refractivity contribution in [3.05, 3.63) is 0 Å². The zero-order valence-corrected chi connectivity index (χ0v) is 19.7. The van der Waals surface area contributed by atoms with Gasteiger partial charge in [0.2, 0.25) is 0 Å². The van der Waals surface area contributed by atoms with Crippen LogP contribution in [0.25, 0.3) is 0 Å². The third-order valence-corrected chi connectivity index (χ3v) is 11.9. The number of ether oxygens (including phenoxy) is 2. The summed E-state index contributed by atoms with van der Waals surface area (Å²) in [4.78, 5) is 0. The van der Waals surface area contributed by atoms with Gasteiger partial charge in [-0.05, 0) is 104 Å². The second-order valence-electron chi connectivity index (χ2n) is 13.1. The molecule has 0 unspecified atom stereocenters. The van der Waals surface area contributed by atoms with Gasteiger partial charge in [0.25, 0.3) is 0 Å². The molecule has 4 saturated carbocycles. The Labute approximate surface area is 183 Å². The standard InChI is InChI=1S/C27H44O3/c1-16-7-12-27(29-15-16)17(2)24-23(30-27)14-22-20-6-5-18-13-19(28)8-10-25(18,3)21(20)9-11-26(22,24)4/h16-24,28H,5-15H2,1-4H3/t16-,17+,18+,19-,20+,21-,22-,23-,24-,25-,26-,27+/m0/s1. The molecular weight excluding hydrogens is 372 g/mol. The maximum Gasteiger partial charge on any atom is 0.171 e. The Kier molecular flexibility index (Phi) is 4.58. The molecule has 4 aliphatic carbocycles. The molecule has 1 N–H and O–H groups in total. The lowest BCUT2D eigenvalue weighted by Gasteiger charge is -2.61. The van der Waals surface area contributed by atoms with Gasteiger partial charge in [0.05, 0.1) is 18.8 Å². The summed E-state index contributed by atoms with van der Waals surface area (Å²) in [5.74, 6) is 4.93. The number of fused-ring (bicyclic) bond motifs is 7. The molecule has 3 heteroatoms. The molecule has 2 aliphatic heterocycles. The fourth-order valence-corrected chi connectivity index (χ4v) is 10.3. The van der Waals surface area contributed by atoms with Crippen LogP contribution in [0.4, 0.5) is 0 Å². The van der Waals surface area contributed by atoms with Crippen LogP contribution < -0.4 is 0 Å². The number of aliphatic hydroxyl groups is 1. The van der Waals surface area contributed by atoms with Crippen LogP contribution in [0.1, 0.15) is 91.9 Å². The molecule has 6 fully saturated rings. The molecule has 0 aromatic carbocycles. The van der Waals surface area contributed by atoms with E-state index in [0.717, 1.165) is 49.5 Å². The fourth-order valence-electron chi connectivity index (χ4n) is 10.3. The van der Waals surface area contributed by atoms with E-state index in [0.29, 0.717) is 34.7 Å². The van der Waals surface area contributed by atoms with Gasteiger partial charge in [-0.3, -0.25) is 0 Å². The van der Waals surface area contributed by atoms with Crippen molar-refractivity contribution in [2.75, 3.05) is 6.61 Å². The van der Waals surface area contributed by atoms with Crippen LogP contribution >= 0.6 is 0 Å². The van der Waals surface area contributed by atoms with Gasteiger partial charge >= 0.3 is 0 Å². The summed E-state index contributed by atoms with van der Waals surface area (Å²) in [6.45, 7) is 10.9. The second-order valence-corrected chi connectivity index (χ2v) is 13.1. The number of aliphatic hydroxyl groups excluding tert-OH is 1. The molecule has 0 aromatic rings. The average Bonchev–Trinajstić information content (AvgIpc) is 3.16. The van der Waals surface area contributed by atoms with Crippen molar-refractivity contribution in [3.63, 3.8) is 0 Å². The topological polar surface area (TPSA) is 38.7 Å². The van der Waals surface area contributed by atoms with Gasteiger partial charge in [-0.15, -0.1) is 0 Å². The summed E-state index contributed by atoms with van der Waals surface area (Å²) in [7, 11) is 0. The summed E-state index contributed by atoms with van der Waals surface area (Å²) in [6, 6.07) is 0. The van der Waals surface area contributed by atoms with E-state index in [4.69, 9.17) is 9.47 Å². The Bertz CT molecular complexity index is 684. The molecule has 12 atom stereocenters. The van der Waals surface area contributed by atoms with Gasteiger partial charge < -0.3 is 14.6 Å². The van der Waals surface area contributed by atoms with E-state index in [9.17, 15) is 5.11 Å². The third-order valence-electron chi connectivity index (χ3n) is 11.9. The number of rotatable bonds is 0. The summed E-state index contributed by atoms with van der Waals surface area (Å²) in [5.41, 5.74) is 0.899. The van der Waals surface area contributed by atoms with Crippen LogP contribution in [0.15, 0.2) is 0 Å². The molecular formula is C27H44O3. The van der Waals surface area contributed by atoms with Crippen molar-refractivity contribution in [2.24, 2.45) is 52.3 Å². The van der Waals surface area contributed by atoms with Gasteiger partial charge in [0, 0.05) is 12.3 Å². The molecule has 2 saturated heterocycles. The molecule has 0 bridgehead atoms. The molecule has 6 rings (SSSR count). The lowest BCUT2D eigenvalue weighted by atomic mass is 9.44. The molecule has 0 amide bonds. The molecule has 3 nitrogen and oxygen atoms in total. The maximum absolute atomic E-state index is 10.3. The molecule has 30 heavy (non-hydrogen) atoms. The highest BCUT2D eigenvalue weighted by molar-refractivity contribution is 5.15. The van der Waals surface area contributed by atoms with Gasteiger partial charge in [-0.2, -0.15) is 0 Å². The molecule has 1 spiro atoms. The molecule has 0 aromatic heterocycles. The minimum absolute atomic E-state index is 0.0389. The monoisotopic (exact) mass is 416 g/mol. The Morgan fingerprint density at radius 2 is 1.63 bits per heavy atom. The smallest absolute Gasteiger partial charge is 0.171 e. The van der Waals surface area contributed by atoms with Crippen LogP contribution in [0.5, 0.6) is 0 Å². The SMILES string of the molecule is C[C@H]1CC[C@@]2(OC1)O[C@H]1C[C@H]3[C@@H]4CC[C@@H]5C[C@@H](O)CC[C@]5(C)[C@H]4CC[C@]3(C)[C@H]1[C@H]2C. The predicted molar refractivity (Wildman–Crippen MR) is 118 cm³/mol. The first-order valence-corrected chi connectivity index (χ1v) is 13.3.